The highest BCUT2D eigenvalue weighted by Crippen LogP contribution is 2.30. The molecule has 1 fully saturated rings. The topological polar surface area (TPSA) is 26.7 Å². The summed E-state index contributed by atoms with van der Waals surface area (Å²) in [4.78, 5) is 4.84. The monoisotopic (exact) mass is 402 g/mol. The molecule has 2 aromatic carbocycles. The van der Waals surface area contributed by atoms with E-state index in [1.165, 1.54) is 11.1 Å². The number of aliphatic hydroxyl groups excluding tert-OH is 1. The number of piperazine rings is 1. The van der Waals surface area contributed by atoms with E-state index in [1.807, 2.05) is 12.1 Å². The molecule has 0 aromatic heterocycles. The van der Waals surface area contributed by atoms with Gasteiger partial charge in [-0.15, -0.1) is 24.8 Å². The molecule has 0 amide bonds. The van der Waals surface area contributed by atoms with Crippen molar-refractivity contribution in [3.63, 3.8) is 0 Å². The molecule has 0 saturated carbocycles. The molecule has 3 nitrogen and oxygen atoms in total. The molecule has 1 N–H and O–H groups in total. The maximum Gasteiger partial charge on any atom is 0.0602 e. The molecule has 1 aliphatic rings. The van der Waals surface area contributed by atoms with Crippen molar-refractivity contribution in [3.8, 4) is 0 Å². The predicted molar refractivity (Wildman–Crippen MR) is 109 cm³/mol. The Morgan fingerprint density at radius 1 is 0.840 bits per heavy atom. The molecule has 3 rings (SSSR count). The summed E-state index contributed by atoms with van der Waals surface area (Å²) in [6.07, 6.45) is 0. The summed E-state index contributed by atoms with van der Waals surface area (Å²) < 4.78 is 0. The SMILES string of the molecule is Cl.Cl.OCCN1CCN(C(c2ccccc2)c2ccc(Cl)cc2)CC1. The van der Waals surface area contributed by atoms with Gasteiger partial charge in [0.25, 0.3) is 0 Å². The fourth-order valence-electron chi connectivity index (χ4n) is 3.28. The van der Waals surface area contributed by atoms with Crippen molar-refractivity contribution in [1.82, 2.24) is 9.80 Å². The zero-order chi connectivity index (χ0) is 16.1. The first-order chi connectivity index (χ1) is 11.3. The Kier molecular flexibility index (Phi) is 9.80. The molecule has 1 saturated heterocycles. The molecule has 25 heavy (non-hydrogen) atoms. The highest BCUT2D eigenvalue weighted by Gasteiger charge is 2.26. The summed E-state index contributed by atoms with van der Waals surface area (Å²) in [5.74, 6) is 0. The summed E-state index contributed by atoms with van der Waals surface area (Å²) in [6.45, 7) is 5.00. The Bertz CT molecular complexity index is 602. The molecule has 1 unspecified atom stereocenters. The quantitative estimate of drug-likeness (QED) is 0.820. The van der Waals surface area contributed by atoms with Crippen molar-refractivity contribution in [1.29, 1.82) is 0 Å². The van der Waals surface area contributed by atoms with Gasteiger partial charge in [-0.2, -0.15) is 0 Å². The number of nitrogens with zero attached hydrogens (tertiary/aromatic N) is 2. The van der Waals surface area contributed by atoms with Crippen LogP contribution in [0.15, 0.2) is 54.6 Å². The number of β-amino-alcohol motifs (C(OH)–C–C–N with tert-alkyl or cyclic N) is 1. The van der Waals surface area contributed by atoms with E-state index in [4.69, 9.17) is 16.7 Å². The normalized spacial score (nSPS) is 16.6. The van der Waals surface area contributed by atoms with Crippen molar-refractivity contribution in [2.45, 2.75) is 6.04 Å². The van der Waals surface area contributed by atoms with E-state index < -0.39 is 0 Å². The molecule has 0 radical (unpaired) electrons. The third-order valence-electron chi connectivity index (χ3n) is 4.49. The van der Waals surface area contributed by atoms with Crippen LogP contribution in [0.25, 0.3) is 0 Å². The van der Waals surface area contributed by atoms with Crippen LogP contribution >= 0.6 is 36.4 Å². The van der Waals surface area contributed by atoms with Crippen LogP contribution in [-0.2, 0) is 0 Å². The van der Waals surface area contributed by atoms with E-state index in [9.17, 15) is 0 Å². The lowest BCUT2D eigenvalue weighted by Gasteiger charge is -2.39. The zero-order valence-corrected chi connectivity index (χ0v) is 16.4. The van der Waals surface area contributed by atoms with Gasteiger partial charge < -0.3 is 5.11 Å². The van der Waals surface area contributed by atoms with Gasteiger partial charge in [-0.05, 0) is 23.3 Å². The van der Waals surface area contributed by atoms with E-state index in [1.54, 1.807) is 0 Å². The number of halogens is 3. The van der Waals surface area contributed by atoms with Crippen LogP contribution in [0.2, 0.25) is 5.02 Å². The number of hydrogen-bond donors (Lipinski definition) is 1. The van der Waals surface area contributed by atoms with Gasteiger partial charge in [-0.25, -0.2) is 0 Å². The summed E-state index contributed by atoms with van der Waals surface area (Å²) >= 11 is 6.06. The van der Waals surface area contributed by atoms with Gasteiger partial charge in [0.05, 0.1) is 12.6 Å². The third kappa shape index (κ3) is 5.85. The van der Waals surface area contributed by atoms with Crippen LogP contribution in [0, 0.1) is 0 Å². The van der Waals surface area contributed by atoms with Crippen LogP contribution < -0.4 is 0 Å². The fraction of sp³-hybridized carbons (Fsp3) is 0.368. The minimum atomic E-state index is 0. The molecular formula is C19H25Cl3N2O. The first kappa shape index (κ1) is 22.2. The van der Waals surface area contributed by atoms with Crippen molar-refractivity contribution < 1.29 is 5.11 Å². The molecule has 0 spiro atoms. The smallest absolute Gasteiger partial charge is 0.0602 e. The van der Waals surface area contributed by atoms with E-state index in [2.05, 4.69) is 52.3 Å². The maximum atomic E-state index is 9.11. The average Bonchev–Trinajstić information content (AvgIpc) is 2.60. The van der Waals surface area contributed by atoms with Gasteiger partial charge in [0.15, 0.2) is 0 Å². The largest absolute Gasteiger partial charge is 0.395 e. The summed E-state index contributed by atoms with van der Waals surface area (Å²) in [7, 11) is 0. The summed E-state index contributed by atoms with van der Waals surface area (Å²) in [6, 6.07) is 19.1. The highest BCUT2D eigenvalue weighted by atomic mass is 35.5. The van der Waals surface area contributed by atoms with Crippen LogP contribution in [0.5, 0.6) is 0 Å². The molecule has 0 bridgehead atoms. The first-order valence-corrected chi connectivity index (χ1v) is 8.53. The van der Waals surface area contributed by atoms with Crippen LogP contribution in [0.1, 0.15) is 17.2 Å². The van der Waals surface area contributed by atoms with Crippen molar-refractivity contribution in [2.75, 3.05) is 39.3 Å². The molecule has 0 aliphatic carbocycles. The Morgan fingerprint density at radius 2 is 1.40 bits per heavy atom. The van der Waals surface area contributed by atoms with Crippen molar-refractivity contribution in [3.05, 3.63) is 70.7 Å². The number of hydrogen-bond acceptors (Lipinski definition) is 3. The van der Waals surface area contributed by atoms with Gasteiger partial charge >= 0.3 is 0 Å². The number of benzene rings is 2. The minimum Gasteiger partial charge on any atom is -0.395 e. The molecule has 1 atom stereocenters. The molecule has 138 valence electrons. The average molecular weight is 404 g/mol. The van der Waals surface area contributed by atoms with Gasteiger partial charge in [0, 0.05) is 37.7 Å². The Hall–Kier alpha value is -0.810. The zero-order valence-electron chi connectivity index (χ0n) is 14.1. The second kappa shape index (κ2) is 11.0. The van der Waals surface area contributed by atoms with Crippen molar-refractivity contribution >= 4 is 36.4 Å². The number of rotatable bonds is 5. The minimum absolute atomic E-state index is 0. The summed E-state index contributed by atoms with van der Waals surface area (Å²) in [5, 5.41) is 9.88. The van der Waals surface area contributed by atoms with E-state index in [0.717, 1.165) is 37.7 Å². The van der Waals surface area contributed by atoms with Gasteiger partial charge in [-0.1, -0.05) is 54.1 Å². The van der Waals surface area contributed by atoms with E-state index >= 15 is 0 Å². The predicted octanol–water partition coefficient (Wildman–Crippen LogP) is 3.88. The highest BCUT2D eigenvalue weighted by molar-refractivity contribution is 6.30. The lowest BCUT2D eigenvalue weighted by molar-refractivity contribution is 0.0945. The molecule has 6 heteroatoms. The second-order valence-corrected chi connectivity index (χ2v) is 6.40. The Balaban J connectivity index is 0.00000156. The second-order valence-electron chi connectivity index (χ2n) is 5.97. The fourth-order valence-corrected chi connectivity index (χ4v) is 3.41. The van der Waals surface area contributed by atoms with E-state index in [0.29, 0.717) is 0 Å². The first-order valence-electron chi connectivity index (χ1n) is 8.15. The summed E-state index contributed by atoms with van der Waals surface area (Å²) in [5.41, 5.74) is 2.58. The molecule has 2 aromatic rings. The van der Waals surface area contributed by atoms with Crippen LogP contribution in [0.3, 0.4) is 0 Å². The van der Waals surface area contributed by atoms with Crippen LogP contribution in [-0.4, -0.2) is 54.2 Å². The lowest BCUT2D eigenvalue weighted by Crippen LogP contribution is -2.48. The van der Waals surface area contributed by atoms with Gasteiger partial charge in [0.1, 0.15) is 0 Å². The van der Waals surface area contributed by atoms with E-state index in [-0.39, 0.29) is 37.5 Å². The Morgan fingerprint density at radius 3 is 1.96 bits per heavy atom. The van der Waals surface area contributed by atoms with Gasteiger partial charge in [0.2, 0.25) is 0 Å². The third-order valence-corrected chi connectivity index (χ3v) is 4.74. The molecule has 1 heterocycles. The lowest BCUT2D eigenvalue weighted by atomic mass is 9.96. The number of aliphatic hydroxyl groups is 1. The molecule has 1 aliphatic heterocycles. The Labute approximate surface area is 167 Å². The van der Waals surface area contributed by atoms with Crippen molar-refractivity contribution in [2.24, 2.45) is 0 Å². The maximum absolute atomic E-state index is 9.11. The standard InChI is InChI=1S/C19H23ClN2O.2ClH/c20-18-8-6-17(7-9-18)19(16-4-2-1-3-5-16)22-12-10-21(11-13-22)14-15-23;;/h1-9,19,23H,10-15H2;2*1H. The van der Waals surface area contributed by atoms with Crippen LogP contribution in [0.4, 0.5) is 0 Å². The van der Waals surface area contributed by atoms with Gasteiger partial charge in [-0.3, -0.25) is 9.80 Å². The molecular weight excluding hydrogens is 379 g/mol.